The van der Waals surface area contributed by atoms with Gasteiger partial charge in [0.25, 0.3) is 0 Å². The molecule has 0 aromatic rings. The molecule has 2 aliphatic heterocycles. The summed E-state index contributed by atoms with van der Waals surface area (Å²) in [4.78, 5) is 2.38. The molecule has 3 nitrogen and oxygen atoms in total. The van der Waals surface area contributed by atoms with Crippen LogP contribution in [-0.2, 0) is 4.74 Å². The quantitative estimate of drug-likeness (QED) is 0.514. The first-order chi connectivity index (χ1) is 4.88. The normalized spacial score (nSPS) is 41.7. The Labute approximate surface area is 61.3 Å². The van der Waals surface area contributed by atoms with E-state index in [0.29, 0.717) is 12.3 Å². The number of fused-ring (bicyclic) bond motifs is 1. The molecule has 0 spiro atoms. The standard InChI is InChI=1S/C7H14N2O/c1-6-2-3-10-7-4-8-5-9(6)7/h6-8H,2-5H2,1H3. The molecule has 0 aliphatic carbocycles. The second-order valence-corrected chi connectivity index (χ2v) is 3.09. The number of hydrogen-bond donors (Lipinski definition) is 1. The summed E-state index contributed by atoms with van der Waals surface area (Å²) < 4.78 is 5.54. The highest BCUT2D eigenvalue weighted by atomic mass is 16.5. The molecule has 0 amide bonds. The summed E-state index contributed by atoms with van der Waals surface area (Å²) in [5.41, 5.74) is 0. The molecule has 0 saturated carbocycles. The van der Waals surface area contributed by atoms with Crippen molar-refractivity contribution in [3.63, 3.8) is 0 Å². The van der Waals surface area contributed by atoms with Crippen LogP contribution in [-0.4, -0.2) is 37.0 Å². The number of nitrogens with one attached hydrogen (secondary N) is 1. The van der Waals surface area contributed by atoms with Gasteiger partial charge in [-0.3, -0.25) is 4.90 Å². The summed E-state index contributed by atoms with van der Waals surface area (Å²) in [7, 11) is 0. The minimum Gasteiger partial charge on any atom is -0.362 e. The molecule has 2 fully saturated rings. The van der Waals surface area contributed by atoms with Crippen molar-refractivity contribution < 1.29 is 4.74 Å². The van der Waals surface area contributed by atoms with Crippen molar-refractivity contribution in [3.8, 4) is 0 Å². The van der Waals surface area contributed by atoms with E-state index in [2.05, 4.69) is 17.1 Å². The van der Waals surface area contributed by atoms with Crippen LogP contribution in [0.15, 0.2) is 0 Å². The molecule has 2 unspecified atom stereocenters. The van der Waals surface area contributed by atoms with Crippen LogP contribution in [0.1, 0.15) is 13.3 Å². The maximum absolute atomic E-state index is 5.54. The van der Waals surface area contributed by atoms with Crippen LogP contribution in [0, 0.1) is 0 Å². The van der Waals surface area contributed by atoms with Gasteiger partial charge in [0.05, 0.1) is 13.3 Å². The fourth-order valence-electron chi connectivity index (χ4n) is 1.67. The topological polar surface area (TPSA) is 24.5 Å². The van der Waals surface area contributed by atoms with E-state index in [9.17, 15) is 0 Å². The zero-order chi connectivity index (χ0) is 6.97. The molecule has 2 aliphatic rings. The number of hydrogen-bond acceptors (Lipinski definition) is 3. The fraction of sp³-hybridized carbons (Fsp3) is 1.00. The predicted molar refractivity (Wildman–Crippen MR) is 38.5 cm³/mol. The SMILES string of the molecule is CC1CCOC2CNCN12. The van der Waals surface area contributed by atoms with Crippen LogP contribution in [0.2, 0.25) is 0 Å². The van der Waals surface area contributed by atoms with E-state index in [1.54, 1.807) is 0 Å². The molecule has 1 N–H and O–H groups in total. The van der Waals surface area contributed by atoms with Gasteiger partial charge in [-0.05, 0) is 13.3 Å². The number of nitrogens with zero attached hydrogens (tertiary/aromatic N) is 1. The van der Waals surface area contributed by atoms with Crippen molar-refractivity contribution in [2.75, 3.05) is 19.8 Å². The molecule has 0 bridgehead atoms. The van der Waals surface area contributed by atoms with Crippen LogP contribution in [0.25, 0.3) is 0 Å². The van der Waals surface area contributed by atoms with Gasteiger partial charge in [-0.1, -0.05) is 0 Å². The number of rotatable bonds is 0. The monoisotopic (exact) mass is 142 g/mol. The Bertz CT molecular complexity index is 129. The molecule has 2 heterocycles. The van der Waals surface area contributed by atoms with Gasteiger partial charge in [-0.25, -0.2) is 0 Å². The number of ether oxygens (including phenoxy) is 1. The van der Waals surface area contributed by atoms with E-state index in [0.717, 1.165) is 19.8 Å². The maximum Gasteiger partial charge on any atom is 0.124 e. The average molecular weight is 142 g/mol. The molecule has 0 radical (unpaired) electrons. The maximum atomic E-state index is 5.54. The summed E-state index contributed by atoms with van der Waals surface area (Å²) in [6, 6.07) is 0.703. The van der Waals surface area contributed by atoms with Gasteiger partial charge in [0.1, 0.15) is 6.23 Å². The van der Waals surface area contributed by atoms with Gasteiger partial charge < -0.3 is 10.1 Å². The smallest absolute Gasteiger partial charge is 0.124 e. The summed E-state index contributed by atoms with van der Waals surface area (Å²) in [6.07, 6.45) is 1.54. The molecule has 2 atom stereocenters. The minimum atomic E-state index is 0.365. The Kier molecular flexibility index (Phi) is 1.64. The lowest BCUT2D eigenvalue weighted by atomic mass is 10.2. The molecule has 58 valence electrons. The van der Waals surface area contributed by atoms with E-state index < -0.39 is 0 Å². The van der Waals surface area contributed by atoms with Crippen LogP contribution in [0.5, 0.6) is 0 Å². The first-order valence-corrected chi connectivity index (χ1v) is 3.96. The second kappa shape index (κ2) is 2.49. The molecule has 2 saturated heterocycles. The first kappa shape index (κ1) is 6.58. The van der Waals surface area contributed by atoms with Crippen molar-refractivity contribution in [1.82, 2.24) is 10.2 Å². The van der Waals surface area contributed by atoms with E-state index in [1.807, 2.05) is 0 Å². The summed E-state index contributed by atoms with van der Waals surface area (Å²) in [5.74, 6) is 0. The van der Waals surface area contributed by atoms with Gasteiger partial charge in [0, 0.05) is 12.6 Å². The van der Waals surface area contributed by atoms with Crippen LogP contribution in [0.3, 0.4) is 0 Å². The van der Waals surface area contributed by atoms with E-state index in [4.69, 9.17) is 4.74 Å². The second-order valence-electron chi connectivity index (χ2n) is 3.09. The predicted octanol–water partition coefficient (Wildman–Crippen LogP) is -0.0160. The minimum absolute atomic E-state index is 0.365. The highest BCUT2D eigenvalue weighted by Crippen LogP contribution is 2.18. The van der Waals surface area contributed by atoms with Gasteiger partial charge in [0.15, 0.2) is 0 Å². The van der Waals surface area contributed by atoms with Gasteiger partial charge >= 0.3 is 0 Å². The Morgan fingerprint density at radius 3 is 3.30 bits per heavy atom. The van der Waals surface area contributed by atoms with Gasteiger partial charge in [-0.2, -0.15) is 0 Å². The molecule has 0 aromatic carbocycles. The van der Waals surface area contributed by atoms with Crippen molar-refractivity contribution in [2.45, 2.75) is 25.6 Å². The molecule has 10 heavy (non-hydrogen) atoms. The van der Waals surface area contributed by atoms with E-state index >= 15 is 0 Å². The van der Waals surface area contributed by atoms with Crippen LogP contribution in [0.4, 0.5) is 0 Å². The van der Waals surface area contributed by atoms with Crippen LogP contribution < -0.4 is 5.32 Å². The van der Waals surface area contributed by atoms with Gasteiger partial charge in [-0.15, -0.1) is 0 Å². The highest BCUT2D eigenvalue weighted by Gasteiger charge is 2.31. The highest BCUT2D eigenvalue weighted by molar-refractivity contribution is 4.80. The van der Waals surface area contributed by atoms with Crippen molar-refractivity contribution in [1.29, 1.82) is 0 Å². The summed E-state index contributed by atoms with van der Waals surface area (Å²) in [5, 5.41) is 3.30. The Morgan fingerprint density at radius 1 is 1.60 bits per heavy atom. The zero-order valence-electron chi connectivity index (χ0n) is 6.34. The van der Waals surface area contributed by atoms with Gasteiger partial charge in [0.2, 0.25) is 0 Å². The molecular weight excluding hydrogens is 128 g/mol. The lowest BCUT2D eigenvalue weighted by molar-refractivity contribution is -0.0885. The lowest BCUT2D eigenvalue weighted by Crippen LogP contribution is -2.44. The van der Waals surface area contributed by atoms with E-state index in [1.165, 1.54) is 6.42 Å². The molecule has 0 aromatic heterocycles. The average Bonchev–Trinajstić information content (AvgIpc) is 2.36. The molecular formula is C7H14N2O. The van der Waals surface area contributed by atoms with E-state index in [-0.39, 0.29) is 0 Å². The Balaban J connectivity index is 2.03. The Hall–Kier alpha value is -0.120. The third-order valence-electron chi connectivity index (χ3n) is 2.40. The fourth-order valence-corrected chi connectivity index (χ4v) is 1.67. The van der Waals surface area contributed by atoms with Crippen molar-refractivity contribution in [2.24, 2.45) is 0 Å². The van der Waals surface area contributed by atoms with Crippen molar-refractivity contribution >= 4 is 0 Å². The van der Waals surface area contributed by atoms with Crippen LogP contribution >= 0.6 is 0 Å². The molecule has 2 rings (SSSR count). The zero-order valence-corrected chi connectivity index (χ0v) is 6.34. The third kappa shape index (κ3) is 0.944. The Morgan fingerprint density at radius 2 is 2.50 bits per heavy atom. The largest absolute Gasteiger partial charge is 0.362 e. The lowest BCUT2D eigenvalue weighted by Gasteiger charge is -2.34. The third-order valence-corrected chi connectivity index (χ3v) is 2.40. The first-order valence-electron chi connectivity index (χ1n) is 3.96. The van der Waals surface area contributed by atoms with Crippen molar-refractivity contribution in [3.05, 3.63) is 0 Å². The summed E-state index contributed by atoms with van der Waals surface area (Å²) >= 11 is 0. The summed E-state index contributed by atoms with van der Waals surface area (Å²) in [6.45, 7) is 5.21. The molecule has 3 heteroatoms.